The van der Waals surface area contributed by atoms with Crippen LogP contribution in [-0.2, 0) is 4.74 Å². The molecule has 0 atom stereocenters. The van der Waals surface area contributed by atoms with E-state index in [2.05, 4.69) is 12.2 Å². The number of carbonyl (C=O) groups is 1. The first-order valence-electron chi connectivity index (χ1n) is 5.02. The largest absolute Gasteiger partial charge is 0.449 e. The van der Waals surface area contributed by atoms with Gasteiger partial charge in [-0.15, -0.1) is 0 Å². The predicted octanol–water partition coefficient (Wildman–Crippen LogP) is 3.22. The van der Waals surface area contributed by atoms with Crippen molar-refractivity contribution in [2.24, 2.45) is 0 Å². The Kier molecular flexibility index (Phi) is 3.05. The zero-order chi connectivity index (χ0) is 11.4. The maximum absolute atomic E-state index is 11.3. The summed E-state index contributed by atoms with van der Waals surface area (Å²) in [6, 6.07) is 13.6. The van der Waals surface area contributed by atoms with Gasteiger partial charge in [-0.25, -0.2) is 4.79 Å². The minimum atomic E-state index is -0.480. The summed E-state index contributed by atoms with van der Waals surface area (Å²) in [6.07, 6.45) is -0.480. The Labute approximate surface area is 94.0 Å². The SMILES string of the molecule is [CH2]COC(=O)Nc1cccc2ccccc12. The smallest absolute Gasteiger partial charge is 0.411 e. The van der Waals surface area contributed by atoms with Gasteiger partial charge in [-0.2, -0.15) is 0 Å². The molecule has 1 amide bonds. The van der Waals surface area contributed by atoms with Crippen molar-refractivity contribution >= 4 is 22.6 Å². The molecule has 0 aliphatic rings. The molecule has 2 rings (SSSR count). The maximum atomic E-state index is 11.3. The molecule has 2 aromatic rings. The van der Waals surface area contributed by atoms with Crippen molar-refractivity contribution in [1.29, 1.82) is 0 Å². The van der Waals surface area contributed by atoms with Crippen molar-refractivity contribution < 1.29 is 9.53 Å². The molecule has 0 spiro atoms. The molecule has 0 fully saturated rings. The Morgan fingerprint density at radius 3 is 2.75 bits per heavy atom. The molecule has 0 aromatic heterocycles. The van der Waals surface area contributed by atoms with E-state index in [1.54, 1.807) is 0 Å². The number of benzene rings is 2. The Morgan fingerprint density at radius 2 is 1.94 bits per heavy atom. The number of fused-ring (bicyclic) bond motifs is 1. The van der Waals surface area contributed by atoms with Crippen LogP contribution in [0.4, 0.5) is 10.5 Å². The topological polar surface area (TPSA) is 38.3 Å². The molecule has 0 heterocycles. The summed E-state index contributed by atoms with van der Waals surface area (Å²) in [5.41, 5.74) is 0.747. The minimum Gasteiger partial charge on any atom is -0.449 e. The molecule has 3 nitrogen and oxygen atoms in total. The zero-order valence-electron chi connectivity index (χ0n) is 8.77. The van der Waals surface area contributed by atoms with Gasteiger partial charge in [-0.1, -0.05) is 36.4 Å². The van der Waals surface area contributed by atoms with Crippen molar-refractivity contribution in [2.75, 3.05) is 11.9 Å². The Morgan fingerprint density at radius 1 is 1.19 bits per heavy atom. The van der Waals surface area contributed by atoms with Gasteiger partial charge in [0, 0.05) is 5.39 Å². The second-order valence-electron chi connectivity index (χ2n) is 3.29. The second-order valence-corrected chi connectivity index (χ2v) is 3.29. The molecule has 81 valence electrons. The number of rotatable bonds is 2. The van der Waals surface area contributed by atoms with Crippen molar-refractivity contribution in [3.8, 4) is 0 Å². The molecule has 1 N–H and O–H groups in total. The van der Waals surface area contributed by atoms with Crippen LogP contribution in [0, 0.1) is 6.92 Å². The second kappa shape index (κ2) is 4.66. The summed E-state index contributed by atoms with van der Waals surface area (Å²) in [4.78, 5) is 11.3. The fourth-order valence-electron chi connectivity index (χ4n) is 1.57. The lowest BCUT2D eigenvalue weighted by atomic mass is 10.1. The molecule has 0 saturated carbocycles. The van der Waals surface area contributed by atoms with Gasteiger partial charge in [0.1, 0.15) is 0 Å². The van der Waals surface area contributed by atoms with Crippen LogP contribution in [0.5, 0.6) is 0 Å². The van der Waals surface area contributed by atoms with Crippen molar-refractivity contribution in [2.45, 2.75) is 0 Å². The molecule has 0 aliphatic carbocycles. The van der Waals surface area contributed by atoms with Gasteiger partial charge < -0.3 is 4.74 Å². The third-order valence-electron chi connectivity index (χ3n) is 2.26. The normalized spacial score (nSPS) is 10.1. The third kappa shape index (κ3) is 2.14. The number of hydrogen-bond acceptors (Lipinski definition) is 2. The van der Waals surface area contributed by atoms with Crippen LogP contribution in [0.15, 0.2) is 42.5 Å². The van der Waals surface area contributed by atoms with Gasteiger partial charge in [-0.05, 0) is 18.4 Å². The summed E-state index contributed by atoms with van der Waals surface area (Å²) in [6.45, 7) is 3.57. The molecule has 0 saturated heterocycles. The fraction of sp³-hybridized carbons (Fsp3) is 0.0769. The standard InChI is InChI=1S/C13H12NO2/c1-2-16-13(15)14-12-9-5-7-10-6-3-4-8-11(10)12/h3-9H,1-2H2,(H,14,15). The predicted molar refractivity (Wildman–Crippen MR) is 64.3 cm³/mol. The fourth-order valence-corrected chi connectivity index (χ4v) is 1.57. The number of ether oxygens (including phenoxy) is 1. The first-order valence-corrected chi connectivity index (χ1v) is 5.02. The molecule has 3 heteroatoms. The number of amides is 1. The summed E-state index contributed by atoms with van der Waals surface area (Å²) in [5.74, 6) is 0. The third-order valence-corrected chi connectivity index (χ3v) is 2.26. The van der Waals surface area contributed by atoms with E-state index in [0.29, 0.717) is 0 Å². The Balaban J connectivity index is 2.33. The van der Waals surface area contributed by atoms with Crippen LogP contribution in [0.2, 0.25) is 0 Å². The zero-order valence-corrected chi connectivity index (χ0v) is 8.77. The van der Waals surface area contributed by atoms with Gasteiger partial charge in [-0.3, -0.25) is 5.32 Å². The Hall–Kier alpha value is -2.03. The molecular formula is C13H12NO2. The number of hydrogen-bond donors (Lipinski definition) is 1. The van der Waals surface area contributed by atoms with Gasteiger partial charge in [0.15, 0.2) is 0 Å². The van der Waals surface area contributed by atoms with Crippen LogP contribution in [0.1, 0.15) is 0 Å². The molecule has 0 bridgehead atoms. The summed E-state index contributed by atoms with van der Waals surface area (Å²) in [7, 11) is 0. The number of carbonyl (C=O) groups excluding carboxylic acids is 1. The van der Waals surface area contributed by atoms with Crippen molar-refractivity contribution in [3.63, 3.8) is 0 Å². The number of nitrogens with one attached hydrogen (secondary N) is 1. The van der Waals surface area contributed by atoms with E-state index in [1.807, 2.05) is 42.5 Å². The van der Waals surface area contributed by atoms with Crippen LogP contribution in [-0.4, -0.2) is 12.7 Å². The summed E-state index contributed by atoms with van der Waals surface area (Å²) in [5, 5.41) is 4.75. The van der Waals surface area contributed by atoms with Gasteiger partial charge in [0.2, 0.25) is 0 Å². The first-order chi connectivity index (χ1) is 7.81. The van der Waals surface area contributed by atoms with E-state index in [1.165, 1.54) is 0 Å². The van der Waals surface area contributed by atoms with E-state index < -0.39 is 6.09 Å². The average molecular weight is 214 g/mol. The lowest BCUT2D eigenvalue weighted by Crippen LogP contribution is -2.13. The minimum absolute atomic E-state index is 0.122. The lowest BCUT2D eigenvalue weighted by Gasteiger charge is -2.08. The van der Waals surface area contributed by atoms with Gasteiger partial charge >= 0.3 is 6.09 Å². The van der Waals surface area contributed by atoms with Crippen LogP contribution >= 0.6 is 0 Å². The summed E-state index contributed by atoms with van der Waals surface area (Å²) < 4.78 is 4.73. The lowest BCUT2D eigenvalue weighted by molar-refractivity contribution is 0.173. The van der Waals surface area contributed by atoms with E-state index in [0.717, 1.165) is 16.5 Å². The van der Waals surface area contributed by atoms with Crippen LogP contribution in [0.3, 0.4) is 0 Å². The van der Waals surface area contributed by atoms with E-state index in [9.17, 15) is 4.79 Å². The molecule has 1 radical (unpaired) electrons. The van der Waals surface area contributed by atoms with E-state index in [-0.39, 0.29) is 6.61 Å². The van der Waals surface area contributed by atoms with Crippen molar-refractivity contribution in [3.05, 3.63) is 49.4 Å². The van der Waals surface area contributed by atoms with Crippen LogP contribution < -0.4 is 5.32 Å². The number of anilines is 1. The highest BCUT2D eigenvalue weighted by atomic mass is 16.5. The highest BCUT2D eigenvalue weighted by Gasteiger charge is 2.04. The highest BCUT2D eigenvalue weighted by Crippen LogP contribution is 2.22. The first kappa shape index (κ1) is 10.5. The van der Waals surface area contributed by atoms with Crippen molar-refractivity contribution in [1.82, 2.24) is 0 Å². The van der Waals surface area contributed by atoms with E-state index >= 15 is 0 Å². The van der Waals surface area contributed by atoms with Gasteiger partial charge in [0.05, 0.1) is 12.3 Å². The van der Waals surface area contributed by atoms with E-state index in [4.69, 9.17) is 4.74 Å². The maximum Gasteiger partial charge on any atom is 0.411 e. The molecule has 0 unspecified atom stereocenters. The molecule has 16 heavy (non-hydrogen) atoms. The monoisotopic (exact) mass is 214 g/mol. The Bertz CT molecular complexity index is 503. The molecular weight excluding hydrogens is 202 g/mol. The van der Waals surface area contributed by atoms with Gasteiger partial charge in [0.25, 0.3) is 0 Å². The quantitative estimate of drug-likeness (QED) is 0.833. The molecule has 2 aromatic carbocycles. The highest BCUT2D eigenvalue weighted by molar-refractivity contribution is 6.00. The molecule has 0 aliphatic heterocycles. The summed E-state index contributed by atoms with van der Waals surface area (Å²) >= 11 is 0. The van der Waals surface area contributed by atoms with Crippen LogP contribution in [0.25, 0.3) is 10.8 Å². The average Bonchev–Trinajstić information content (AvgIpc) is 2.30.